The van der Waals surface area contributed by atoms with Crippen LogP contribution in [0.4, 0.5) is 0 Å². The molecule has 3 fully saturated rings. The highest BCUT2D eigenvalue weighted by atomic mass is 16.5. The molecule has 1 amide bonds. The van der Waals surface area contributed by atoms with Gasteiger partial charge in [-0.3, -0.25) is 4.79 Å². The molecule has 5 rings (SSSR count). The molecule has 2 aliphatic carbocycles. The van der Waals surface area contributed by atoms with E-state index in [0.29, 0.717) is 24.3 Å². The van der Waals surface area contributed by atoms with E-state index in [0.717, 1.165) is 50.2 Å². The number of unbranched alkanes of at least 4 members (excludes halogenated alkanes) is 2. The molecule has 4 heteroatoms. The Bertz CT molecular complexity index is 1020. The lowest BCUT2D eigenvalue weighted by Gasteiger charge is -2.54. The summed E-state index contributed by atoms with van der Waals surface area (Å²) in [5.74, 6) is 2.88. The highest BCUT2D eigenvalue weighted by Crippen LogP contribution is 2.51. The first-order valence-electron chi connectivity index (χ1n) is 14.7. The predicted molar refractivity (Wildman–Crippen MR) is 151 cm³/mol. The number of rotatable bonds is 11. The minimum atomic E-state index is 0.141. The molecule has 37 heavy (non-hydrogen) atoms. The lowest BCUT2D eigenvalue weighted by Crippen LogP contribution is -2.56. The summed E-state index contributed by atoms with van der Waals surface area (Å²) in [5.41, 5.74) is 2.96. The number of fused-ring (bicyclic) bond motifs is 1. The fraction of sp³-hybridized carbons (Fsp3) is 0.606. The number of hydrogen-bond acceptors (Lipinski definition) is 3. The number of nitrogens with zero attached hydrogens (tertiary/aromatic N) is 2. The molecule has 1 saturated heterocycles. The second-order valence-electron chi connectivity index (χ2n) is 12.0. The molecule has 200 valence electrons. The van der Waals surface area contributed by atoms with Crippen LogP contribution in [-0.4, -0.2) is 55.5 Å². The van der Waals surface area contributed by atoms with Crippen molar-refractivity contribution in [3.8, 4) is 5.75 Å². The Balaban J connectivity index is 1.20. The predicted octanol–water partition coefficient (Wildman–Crippen LogP) is 6.48. The molecule has 2 aromatic rings. The quantitative estimate of drug-likeness (QED) is 0.330. The third kappa shape index (κ3) is 6.39. The van der Waals surface area contributed by atoms with Crippen LogP contribution in [0.2, 0.25) is 0 Å². The average molecular weight is 503 g/mol. The molecule has 4 nitrogen and oxygen atoms in total. The van der Waals surface area contributed by atoms with Crippen LogP contribution in [0, 0.1) is 11.8 Å². The molecule has 0 bridgehead atoms. The van der Waals surface area contributed by atoms with Crippen LogP contribution in [0.1, 0.15) is 75.3 Å². The van der Waals surface area contributed by atoms with Gasteiger partial charge < -0.3 is 14.5 Å². The average Bonchev–Trinajstić information content (AvgIpc) is 3.76. The van der Waals surface area contributed by atoms with Crippen LogP contribution in [0.5, 0.6) is 5.75 Å². The van der Waals surface area contributed by atoms with Gasteiger partial charge in [0.15, 0.2) is 0 Å². The van der Waals surface area contributed by atoms with Gasteiger partial charge in [0.2, 0.25) is 5.91 Å². The van der Waals surface area contributed by atoms with Gasteiger partial charge in [0.25, 0.3) is 0 Å². The molecule has 3 aliphatic rings. The number of amides is 1. The molecule has 2 aromatic carbocycles. The highest BCUT2D eigenvalue weighted by molar-refractivity contribution is 5.76. The van der Waals surface area contributed by atoms with E-state index in [-0.39, 0.29) is 5.41 Å². The first-order valence-corrected chi connectivity index (χ1v) is 14.7. The van der Waals surface area contributed by atoms with E-state index in [1.807, 2.05) is 0 Å². The van der Waals surface area contributed by atoms with E-state index in [1.165, 1.54) is 56.4 Å². The number of hydrogen-bond donors (Lipinski definition) is 0. The number of aryl methyl sites for hydroxylation is 1. The Morgan fingerprint density at radius 1 is 1.03 bits per heavy atom. The lowest BCUT2D eigenvalue weighted by molar-refractivity contribution is -0.134. The van der Waals surface area contributed by atoms with Gasteiger partial charge in [0.05, 0.1) is 7.11 Å². The summed E-state index contributed by atoms with van der Waals surface area (Å²) < 4.78 is 5.63. The van der Waals surface area contributed by atoms with Crippen molar-refractivity contribution in [1.82, 2.24) is 9.80 Å². The molecule has 0 N–H and O–H groups in total. The lowest BCUT2D eigenvalue weighted by atomic mass is 9.57. The Morgan fingerprint density at radius 3 is 2.65 bits per heavy atom. The van der Waals surface area contributed by atoms with Gasteiger partial charge in [0, 0.05) is 38.0 Å². The fourth-order valence-electron chi connectivity index (χ4n) is 7.09. The van der Waals surface area contributed by atoms with Crippen molar-refractivity contribution >= 4 is 5.91 Å². The summed E-state index contributed by atoms with van der Waals surface area (Å²) in [4.78, 5) is 18.1. The largest absolute Gasteiger partial charge is 0.497 e. The van der Waals surface area contributed by atoms with E-state index in [9.17, 15) is 4.79 Å². The van der Waals surface area contributed by atoms with Crippen molar-refractivity contribution in [2.75, 3.05) is 33.8 Å². The highest BCUT2D eigenvalue weighted by Gasteiger charge is 2.49. The van der Waals surface area contributed by atoms with Crippen LogP contribution in [0.15, 0.2) is 54.6 Å². The van der Waals surface area contributed by atoms with Crippen molar-refractivity contribution < 1.29 is 9.53 Å². The van der Waals surface area contributed by atoms with E-state index >= 15 is 0 Å². The van der Waals surface area contributed by atoms with Gasteiger partial charge in [-0.25, -0.2) is 0 Å². The van der Waals surface area contributed by atoms with Crippen molar-refractivity contribution in [3.63, 3.8) is 0 Å². The Labute approximate surface area is 224 Å². The van der Waals surface area contributed by atoms with E-state index in [4.69, 9.17) is 4.74 Å². The van der Waals surface area contributed by atoms with E-state index < -0.39 is 0 Å². The number of carbonyl (C=O) groups excluding carboxylic acids is 1. The van der Waals surface area contributed by atoms with Gasteiger partial charge in [-0.05, 0) is 99.4 Å². The smallest absolute Gasteiger partial charge is 0.222 e. The third-order valence-corrected chi connectivity index (χ3v) is 9.58. The van der Waals surface area contributed by atoms with Crippen molar-refractivity contribution in [1.29, 1.82) is 0 Å². The number of benzene rings is 2. The number of likely N-dealkylation sites (tertiary alicyclic amines) is 1. The second-order valence-corrected chi connectivity index (χ2v) is 12.0. The van der Waals surface area contributed by atoms with Crippen LogP contribution in [-0.2, 0) is 16.6 Å². The molecule has 1 aliphatic heterocycles. The summed E-state index contributed by atoms with van der Waals surface area (Å²) in [7, 11) is 3.83. The molecule has 0 radical (unpaired) electrons. The van der Waals surface area contributed by atoms with Crippen molar-refractivity contribution in [3.05, 3.63) is 65.7 Å². The Kier molecular flexibility index (Phi) is 8.54. The number of carbonyl (C=O) groups is 1. The number of ether oxygens (including phenoxy) is 1. The van der Waals surface area contributed by atoms with Gasteiger partial charge in [0.1, 0.15) is 5.75 Å². The normalized spacial score (nSPS) is 25.9. The monoisotopic (exact) mass is 502 g/mol. The molecule has 3 unspecified atom stereocenters. The molecule has 3 atom stereocenters. The number of piperidine rings is 1. The van der Waals surface area contributed by atoms with Crippen molar-refractivity contribution in [2.24, 2.45) is 11.8 Å². The van der Waals surface area contributed by atoms with Crippen LogP contribution < -0.4 is 4.74 Å². The zero-order chi connectivity index (χ0) is 25.7. The van der Waals surface area contributed by atoms with E-state index in [1.54, 1.807) is 7.11 Å². The first kappa shape index (κ1) is 26.3. The van der Waals surface area contributed by atoms with Crippen LogP contribution in [0.25, 0.3) is 0 Å². The minimum absolute atomic E-state index is 0.141. The van der Waals surface area contributed by atoms with E-state index in [2.05, 4.69) is 71.4 Å². The molecule has 1 heterocycles. The van der Waals surface area contributed by atoms with Gasteiger partial charge in [-0.15, -0.1) is 0 Å². The second kappa shape index (κ2) is 12.0. The zero-order valence-electron chi connectivity index (χ0n) is 23.0. The Morgan fingerprint density at radius 2 is 1.86 bits per heavy atom. The minimum Gasteiger partial charge on any atom is -0.497 e. The fourth-order valence-corrected chi connectivity index (χ4v) is 7.09. The third-order valence-electron chi connectivity index (χ3n) is 9.58. The van der Waals surface area contributed by atoms with Crippen molar-refractivity contribution in [2.45, 2.75) is 82.1 Å². The van der Waals surface area contributed by atoms with Crippen LogP contribution in [0.3, 0.4) is 0 Å². The molecule has 0 spiro atoms. The maximum absolute atomic E-state index is 13.3. The summed E-state index contributed by atoms with van der Waals surface area (Å²) >= 11 is 0. The van der Waals surface area contributed by atoms with Crippen LogP contribution >= 0.6 is 0 Å². The standard InChI is InChI=1S/C33H46N2O2/c1-34(32(36)15-8-4-7-12-26-10-5-3-6-11-26)30-19-18-29-25-35(24-27-16-17-27)21-20-33(29,23-30)28-13-9-14-31(22-28)37-2/h3,5-6,9-11,13-14,22,27,29-30H,4,7-8,12,15-21,23-25H2,1-2H3. The van der Waals surface area contributed by atoms with Gasteiger partial charge in [-0.2, -0.15) is 0 Å². The molecule has 2 saturated carbocycles. The molecular formula is C33H46N2O2. The van der Waals surface area contributed by atoms with Gasteiger partial charge >= 0.3 is 0 Å². The summed E-state index contributed by atoms with van der Waals surface area (Å²) in [6.07, 6.45) is 12.5. The first-order chi connectivity index (χ1) is 18.1. The maximum atomic E-state index is 13.3. The SMILES string of the molecule is COc1cccc(C23CCN(CC4CC4)CC2CCC(N(C)C(=O)CCCCCc2ccccc2)C3)c1. The van der Waals surface area contributed by atoms with Gasteiger partial charge in [-0.1, -0.05) is 48.9 Å². The molecule has 0 aromatic heterocycles. The summed E-state index contributed by atoms with van der Waals surface area (Å²) in [6, 6.07) is 19.8. The summed E-state index contributed by atoms with van der Waals surface area (Å²) in [5, 5.41) is 0. The number of methoxy groups -OCH3 is 1. The summed E-state index contributed by atoms with van der Waals surface area (Å²) in [6.45, 7) is 3.67. The zero-order valence-corrected chi connectivity index (χ0v) is 23.0. The molecular weight excluding hydrogens is 456 g/mol. The maximum Gasteiger partial charge on any atom is 0.222 e. The topological polar surface area (TPSA) is 32.8 Å². The Hall–Kier alpha value is -2.33.